The summed E-state index contributed by atoms with van der Waals surface area (Å²) in [5, 5.41) is 2.30. The van der Waals surface area contributed by atoms with E-state index >= 15 is 0 Å². The van der Waals surface area contributed by atoms with Crippen molar-refractivity contribution < 1.29 is 14.4 Å². The smallest absolute Gasteiger partial charge is 0.277 e. The molecule has 2 rings (SSSR count). The predicted octanol–water partition coefficient (Wildman–Crippen LogP) is 1.43. The monoisotopic (exact) mass is 262 g/mol. The fraction of sp³-hybridized carbons (Fsp3) is 0.643. The summed E-state index contributed by atoms with van der Waals surface area (Å²) in [7, 11) is 0. The molecule has 5 heteroatoms. The molecule has 102 valence electrons. The first-order valence-corrected chi connectivity index (χ1v) is 6.72. The highest BCUT2D eigenvalue weighted by Gasteiger charge is 2.56. The molecule has 0 bridgehead atoms. The molecule has 1 atom stereocenters. The summed E-state index contributed by atoms with van der Waals surface area (Å²) in [6, 6.07) is -1.24. The maximum absolute atomic E-state index is 12.6. The van der Waals surface area contributed by atoms with Crippen LogP contribution < -0.4 is 5.32 Å². The van der Waals surface area contributed by atoms with Crippen LogP contribution in [0.1, 0.15) is 45.4 Å². The van der Waals surface area contributed by atoms with Crippen LogP contribution in [0.15, 0.2) is 0 Å². The molecule has 0 aromatic heterocycles. The number of barbiturate groups is 1. The van der Waals surface area contributed by atoms with Crippen LogP contribution in [0.2, 0.25) is 0 Å². The highest BCUT2D eigenvalue weighted by atomic mass is 16.2. The summed E-state index contributed by atoms with van der Waals surface area (Å²) < 4.78 is 0. The molecule has 0 aromatic rings. The molecule has 1 heterocycles. The molecule has 1 saturated carbocycles. The number of hydrogen-bond acceptors (Lipinski definition) is 3. The third kappa shape index (κ3) is 2.01. The van der Waals surface area contributed by atoms with Crippen LogP contribution in [0.4, 0.5) is 4.79 Å². The van der Waals surface area contributed by atoms with E-state index in [2.05, 4.69) is 11.2 Å². The topological polar surface area (TPSA) is 66.5 Å². The minimum absolute atomic E-state index is 0.407. The Labute approximate surface area is 112 Å². The number of rotatable bonds is 3. The molecule has 1 saturated heterocycles. The summed E-state index contributed by atoms with van der Waals surface area (Å²) in [5.74, 6) is 1.63. The van der Waals surface area contributed by atoms with Gasteiger partial charge in [0.2, 0.25) is 11.8 Å². The van der Waals surface area contributed by atoms with Gasteiger partial charge in [-0.25, -0.2) is 9.69 Å². The molecule has 2 aliphatic rings. The molecule has 19 heavy (non-hydrogen) atoms. The van der Waals surface area contributed by atoms with Gasteiger partial charge in [0.05, 0.1) is 0 Å². The molecular formula is C14H18N2O3. The average molecular weight is 262 g/mol. The van der Waals surface area contributed by atoms with E-state index in [9.17, 15) is 14.4 Å². The normalized spacial score (nSPS) is 23.4. The van der Waals surface area contributed by atoms with Gasteiger partial charge in [-0.05, 0) is 19.3 Å². The first kappa shape index (κ1) is 13.6. The summed E-state index contributed by atoms with van der Waals surface area (Å²) in [6.45, 7) is 1.94. The number of nitrogens with zero attached hydrogens (tertiary/aromatic N) is 1. The molecule has 1 N–H and O–H groups in total. The second-order valence-corrected chi connectivity index (χ2v) is 5.19. The Morgan fingerprint density at radius 2 is 2.00 bits per heavy atom. The van der Waals surface area contributed by atoms with Crippen LogP contribution in [-0.2, 0) is 9.59 Å². The van der Waals surface area contributed by atoms with Crippen molar-refractivity contribution >= 4 is 17.8 Å². The highest BCUT2D eigenvalue weighted by Crippen LogP contribution is 2.42. The maximum atomic E-state index is 12.6. The molecule has 1 aliphatic heterocycles. The summed E-state index contributed by atoms with van der Waals surface area (Å²) in [6.07, 6.45) is 9.42. The molecule has 1 aliphatic carbocycles. The van der Waals surface area contributed by atoms with Gasteiger partial charge in [0.1, 0.15) is 11.5 Å². The number of terminal acetylenes is 1. The van der Waals surface area contributed by atoms with E-state index in [4.69, 9.17) is 6.42 Å². The fourth-order valence-electron chi connectivity index (χ4n) is 2.96. The van der Waals surface area contributed by atoms with E-state index in [0.29, 0.717) is 19.3 Å². The molecule has 0 radical (unpaired) electrons. The Bertz CT molecular complexity index is 458. The van der Waals surface area contributed by atoms with Crippen molar-refractivity contribution in [2.24, 2.45) is 5.41 Å². The Hall–Kier alpha value is -1.83. The second-order valence-electron chi connectivity index (χ2n) is 5.19. The highest BCUT2D eigenvalue weighted by molar-refractivity contribution is 6.19. The third-order valence-electron chi connectivity index (χ3n) is 4.03. The lowest BCUT2D eigenvalue weighted by Gasteiger charge is -2.39. The van der Waals surface area contributed by atoms with Crippen molar-refractivity contribution in [1.29, 1.82) is 0 Å². The first-order valence-electron chi connectivity index (χ1n) is 6.72. The number of urea groups is 1. The summed E-state index contributed by atoms with van der Waals surface area (Å²) in [5.41, 5.74) is -1.06. The van der Waals surface area contributed by atoms with Gasteiger partial charge in [-0.1, -0.05) is 32.1 Å². The largest absolute Gasteiger partial charge is 0.331 e. The zero-order valence-electron chi connectivity index (χ0n) is 11.1. The van der Waals surface area contributed by atoms with Gasteiger partial charge >= 0.3 is 6.03 Å². The van der Waals surface area contributed by atoms with Crippen molar-refractivity contribution in [3.05, 3.63) is 0 Å². The fourth-order valence-corrected chi connectivity index (χ4v) is 2.96. The van der Waals surface area contributed by atoms with Crippen LogP contribution >= 0.6 is 0 Å². The molecule has 1 unspecified atom stereocenters. The molecule has 0 aromatic carbocycles. The van der Waals surface area contributed by atoms with Gasteiger partial charge in [-0.3, -0.25) is 14.9 Å². The zero-order valence-corrected chi connectivity index (χ0v) is 11.1. The van der Waals surface area contributed by atoms with E-state index in [-0.39, 0.29) is 0 Å². The molecule has 5 nitrogen and oxygen atoms in total. The van der Waals surface area contributed by atoms with Crippen molar-refractivity contribution in [3.63, 3.8) is 0 Å². The van der Waals surface area contributed by atoms with E-state index in [1.807, 2.05) is 6.92 Å². The third-order valence-corrected chi connectivity index (χ3v) is 4.03. The lowest BCUT2D eigenvalue weighted by Crippen LogP contribution is -2.65. The first-order chi connectivity index (χ1) is 9.06. The average Bonchev–Trinajstić information content (AvgIpc) is 2.86. The number of hydrogen-bond donors (Lipinski definition) is 1. The van der Waals surface area contributed by atoms with Crippen LogP contribution in [0, 0.1) is 17.8 Å². The van der Waals surface area contributed by atoms with Gasteiger partial charge in [-0.15, -0.1) is 6.42 Å². The zero-order chi connectivity index (χ0) is 14.0. The van der Waals surface area contributed by atoms with Crippen molar-refractivity contribution in [3.8, 4) is 12.3 Å². The van der Waals surface area contributed by atoms with Gasteiger partial charge < -0.3 is 0 Å². The van der Waals surface area contributed by atoms with E-state index in [0.717, 1.165) is 24.2 Å². The van der Waals surface area contributed by atoms with E-state index in [1.165, 1.54) is 0 Å². The van der Waals surface area contributed by atoms with Crippen LogP contribution in [0.3, 0.4) is 0 Å². The van der Waals surface area contributed by atoms with Crippen molar-refractivity contribution in [1.82, 2.24) is 10.2 Å². The number of amides is 4. The van der Waals surface area contributed by atoms with E-state index < -0.39 is 29.3 Å². The minimum Gasteiger partial charge on any atom is -0.277 e. The molecule has 2 fully saturated rings. The quantitative estimate of drug-likeness (QED) is 0.618. The van der Waals surface area contributed by atoms with Gasteiger partial charge in [0.25, 0.3) is 0 Å². The number of imide groups is 2. The number of nitrogens with one attached hydrogen (secondary N) is 1. The molecule has 4 amide bonds. The van der Waals surface area contributed by atoms with Crippen LogP contribution in [0.25, 0.3) is 0 Å². The Kier molecular flexibility index (Phi) is 3.61. The van der Waals surface area contributed by atoms with Gasteiger partial charge in [-0.2, -0.15) is 0 Å². The predicted molar refractivity (Wildman–Crippen MR) is 68.8 cm³/mol. The van der Waals surface area contributed by atoms with Crippen molar-refractivity contribution in [2.75, 3.05) is 0 Å². The summed E-state index contributed by atoms with van der Waals surface area (Å²) in [4.78, 5) is 37.6. The molecule has 1 spiro atoms. The van der Waals surface area contributed by atoms with E-state index in [1.54, 1.807) is 0 Å². The van der Waals surface area contributed by atoms with Crippen molar-refractivity contribution in [2.45, 2.75) is 51.5 Å². The summed E-state index contributed by atoms with van der Waals surface area (Å²) >= 11 is 0. The standard InChI is InChI=1S/C14H18N2O3/c1-3-7-10(4-2)16-12(18)14(8-5-6-9-14)11(17)15-13(16)19/h2,10H,3,5-9H2,1H3,(H,15,17,19). The van der Waals surface area contributed by atoms with Gasteiger partial charge in [0.15, 0.2) is 0 Å². The Balaban J connectivity index is 2.33. The Morgan fingerprint density at radius 1 is 1.37 bits per heavy atom. The maximum Gasteiger partial charge on any atom is 0.331 e. The lowest BCUT2D eigenvalue weighted by atomic mass is 9.81. The van der Waals surface area contributed by atoms with Crippen LogP contribution in [-0.4, -0.2) is 28.8 Å². The number of carbonyl (C=O) groups is 3. The SMILES string of the molecule is C#CC(CCC)N1C(=O)NC(=O)C2(CCCC2)C1=O. The van der Waals surface area contributed by atoms with Crippen LogP contribution in [0.5, 0.6) is 0 Å². The Morgan fingerprint density at radius 3 is 2.53 bits per heavy atom. The molecular weight excluding hydrogens is 244 g/mol. The second kappa shape index (κ2) is 5.04. The lowest BCUT2D eigenvalue weighted by molar-refractivity contribution is -0.152. The van der Waals surface area contributed by atoms with Gasteiger partial charge in [0, 0.05) is 0 Å². The number of carbonyl (C=O) groups excluding carboxylic acids is 3. The minimum atomic E-state index is -1.06.